The Morgan fingerprint density at radius 2 is 2.00 bits per heavy atom. The van der Waals surface area contributed by atoms with Crippen molar-refractivity contribution in [3.63, 3.8) is 0 Å². The van der Waals surface area contributed by atoms with Crippen LogP contribution in [0.3, 0.4) is 0 Å². The molecule has 0 aliphatic heterocycles. The van der Waals surface area contributed by atoms with Crippen molar-refractivity contribution in [2.75, 3.05) is 29.1 Å². The summed E-state index contributed by atoms with van der Waals surface area (Å²) in [5.41, 5.74) is 16.1. The molecule has 13 heavy (non-hydrogen) atoms. The number of nitrogens with one attached hydrogen (secondary N) is 1. The van der Waals surface area contributed by atoms with E-state index in [1.54, 1.807) is 0 Å². The molecule has 0 radical (unpaired) electrons. The molecule has 1 rings (SSSR count). The summed E-state index contributed by atoms with van der Waals surface area (Å²) in [6.45, 7) is 2.38. The normalized spacial score (nSPS) is 9.92. The first-order chi connectivity index (χ1) is 6.07. The van der Waals surface area contributed by atoms with E-state index in [9.17, 15) is 5.21 Å². The van der Waals surface area contributed by atoms with E-state index >= 15 is 0 Å². The fraction of sp³-hybridized carbons (Fsp3) is 0.333. The summed E-state index contributed by atoms with van der Waals surface area (Å²) in [6.07, 6.45) is 0. The number of anilines is 4. The van der Waals surface area contributed by atoms with Crippen LogP contribution in [0.25, 0.3) is 0 Å². The zero-order chi connectivity index (χ0) is 10.0. The monoisotopic (exact) mass is 184 g/mol. The molecule has 0 bridgehead atoms. The van der Waals surface area contributed by atoms with E-state index in [1.807, 2.05) is 6.92 Å². The topological polar surface area (TPSA) is 130 Å². The van der Waals surface area contributed by atoms with Gasteiger partial charge in [0, 0.05) is 0 Å². The molecule has 72 valence electrons. The quantitative estimate of drug-likeness (QED) is 0.340. The Bertz CT molecular complexity index is 325. The Kier molecular flexibility index (Phi) is 2.27. The zero-order valence-electron chi connectivity index (χ0n) is 7.24. The van der Waals surface area contributed by atoms with Crippen molar-refractivity contribution in [2.24, 2.45) is 0 Å². The van der Waals surface area contributed by atoms with Crippen LogP contribution in [0.1, 0.15) is 6.92 Å². The van der Waals surface area contributed by atoms with Crippen LogP contribution in [0.15, 0.2) is 0 Å². The van der Waals surface area contributed by atoms with Gasteiger partial charge in [0.05, 0.1) is 6.54 Å². The molecular formula is C6H12N6O. The number of rotatable bonds is 2. The van der Waals surface area contributed by atoms with E-state index in [0.29, 0.717) is 11.3 Å². The zero-order valence-corrected chi connectivity index (χ0v) is 7.24. The predicted molar refractivity (Wildman–Crippen MR) is 50.6 cm³/mol. The van der Waals surface area contributed by atoms with Crippen molar-refractivity contribution < 1.29 is 4.73 Å². The van der Waals surface area contributed by atoms with Gasteiger partial charge in [-0.05, 0) is 6.92 Å². The van der Waals surface area contributed by atoms with E-state index in [2.05, 4.69) is 10.3 Å². The van der Waals surface area contributed by atoms with Crippen LogP contribution in [-0.2, 0) is 0 Å². The molecule has 1 aromatic heterocycles. The summed E-state index contributed by atoms with van der Waals surface area (Å²) >= 11 is 0. The Balaban J connectivity index is 3.26. The second-order valence-electron chi connectivity index (χ2n) is 2.44. The maximum Gasteiger partial charge on any atom is 0.265 e. The van der Waals surface area contributed by atoms with Crippen molar-refractivity contribution in [3.8, 4) is 0 Å². The molecule has 7 heteroatoms. The van der Waals surface area contributed by atoms with Crippen LogP contribution in [0.2, 0.25) is 0 Å². The van der Waals surface area contributed by atoms with Gasteiger partial charge in [0.1, 0.15) is 0 Å². The Morgan fingerprint density at radius 3 is 2.54 bits per heavy atom. The summed E-state index contributed by atoms with van der Waals surface area (Å²) in [5.74, 6) is -0.0305. The smallest absolute Gasteiger partial charge is 0.265 e. The Labute approximate surface area is 75.1 Å². The molecule has 7 nitrogen and oxygen atoms in total. The summed E-state index contributed by atoms with van der Waals surface area (Å²) < 4.78 is 0.432. The first kappa shape index (κ1) is 9.17. The van der Waals surface area contributed by atoms with Gasteiger partial charge >= 0.3 is 0 Å². The maximum atomic E-state index is 11.3. The average molecular weight is 184 g/mol. The van der Waals surface area contributed by atoms with Crippen molar-refractivity contribution in [2.45, 2.75) is 6.92 Å². The third kappa shape index (κ3) is 1.48. The molecule has 0 aliphatic carbocycles. The highest BCUT2D eigenvalue weighted by Crippen LogP contribution is 2.15. The van der Waals surface area contributed by atoms with Crippen molar-refractivity contribution >= 4 is 23.3 Å². The maximum absolute atomic E-state index is 11.3. The minimum atomic E-state index is -0.148. The van der Waals surface area contributed by atoms with Crippen molar-refractivity contribution in [3.05, 3.63) is 5.21 Å². The number of nitrogens with zero attached hydrogens (tertiary/aromatic N) is 2. The second-order valence-corrected chi connectivity index (χ2v) is 2.44. The molecule has 0 fully saturated rings. The standard InChI is InChI=1S/C6H12N6O/c1-2-10-6-4(8)11-3(7)5(9)12(6)13/h10H,2,9H2,1H3,(H4,7,8,11). The fourth-order valence-electron chi connectivity index (χ4n) is 0.898. The molecule has 7 N–H and O–H groups in total. The van der Waals surface area contributed by atoms with Crippen LogP contribution in [0, 0.1) is 5.21 Å². The van der Waals surface area contributed by atoms with E-state index < -0.39 is 0 Å². The third-order valence-electron chi connectivity index (χ3n) is 1.51. The van der Waals surface area contributed by atoms with Gasteiger partial charge in [-0.15, -0.1) is 0 Å². The average Bonchev–Trinajstić information content (AvgIpc) is 2.09. The molecule has 0 saturated heterocycles. The van der Waals surface area contributed by atoms with E-state index in [0.717, 1.165) is 0 Å². The van der Waals surface area contributed by atoms with Crippen LogP contribution in [0.4, 0.5) is 23.3 Å². The summed E-state index contributed by atoms with van der Waals surface area (Å²) in [4.78, 5) is 3.70. The van der Waals surface area contributed by atoms with Crippen molar-refractivity contribution in [1.82, 2.24) is 4.98 Å². The summed E-state index contributed by atoms with van der Waals surface area (Å²) in [7, 11) is 0. The fourth-order valence-corrected chi connectivity index (χ4v) is 0.898. The lowest BCUT2D eigenvalue weighted by atomic mass is 10.5. The summed E-state index contributed by atoms with van der Waals surface area (Å²) in [6, 6.07) is 0. The SMILES string of the molecule is CCNc1c(N)nc(N)c(N)[n+]1[O-]. The molecule has 0 unspecified atom stereocenters. The Hall–Kier alpha value is -1.92. The largest absolute Gasteiger partial charge is 0.740 e. The highest BCUT2D eigenvalue weighted by atomic mass is 16.5. The summed E-state index contributed by atoms with van der Waals surface area (Å²) in [5, 5.41) is 14.1. The van der Waals surface area contributed by atoms with E-state index in [4.69, 9.17) is 17.2 Å². The lowest BCUT2D eigenvalue weighted by Gasteiger charge is -2.14. The first-order valence-corrected chi connectivity index (χ1v) is 3.75. The molecule has 0 saturated carbocycles. The molecule has 0 spiro atoms. The molecule has 1 heterocycles. The van der Waals surface area contributed by atoms with Gasteiger partial charge in [0.15, 0.2) is 11.6 Å². The van der Waals surface area contributed by atoms with Gasteiger partial charge in [-0.1, -0.05) is 0 Å². The van der Waals surface area contributed by atoms with E-state index in [1.165, 1.54) is 0 Å². The number of hydrogen-bond donors (Lipinski definition) is 4. The molecule has 0 atom stereocenters. The van der Waals surface area contributed by atoms with Crippen LogP contribution >= 0.6 is 0 Å². The van der Waals surface area contributed by atoms with Gasteiger partial charge in [-0.3, -0.25) is 0 Å². The number of nitrogen functional groups attached to an aromatic ring is 3. The lowest BCUT2D eigenvalue weighted by Crippen LogP contribution is -2.37. The van der Waals surface area contributed by atoms with Crippen molar-refractivity contribution in [1.29, 1.82) is 0 Å². The first-order valence-electron chi connectivity index (χ1n) is 3.75. The van der Waals surface area contributed by atoms with Gasteiger partial charge in [-0.2, -0.15) is 0 Å². The number of nitrogens with two attached hydrogens (primary N) is 3. The minimum absolute atomic E-state index is 0.0450. The van der Waals surface area contributed by atoms with Crippen LogP contribution in [0.5, 0.6) is 0 Å². The highest BCUT2D eigenvalue weighted by Gasteiger charge is 2.13. The molecule has 0 aromatic carbocycles. The van der Waals surface area contributed by atoms with Gasteiger partial charge in [-0.25, -0.2) is 9.71 Å². The van der Waals surface area contributed by atoms with Gasteiger partial charge < -0.3 is 27.7 Å². The van der Waals surface area contributed by atoms with Gasteiger partial charge in [0.2, 0.25) is 0 Å². The number of hydrogen-bond acceptors (Lipinski definition) is 6. The lowest BCUT2D eigenvalue weighted by molar-refractivity contribution is -0.573. The molecule has 0 aliphatic rings. The van der Waals surface area contributed by atoms with Crippen LogP contribution < -0.4 is 27.2 Å². The second kappa shape index (κ2) is 3.21. The molecule has 0 amide bonds. The molecular weight excluding hydrogens is 172 g/mol. The van der Waals surface area contributed by atoms with Crippen LogP contribution in [-0.4, -0.2) is 11.5 Å². The molecule has 1 aromatic rings. The Morgan fingerprint density at radius 1 is 1.38 bits per heavy atom. The predicted octanol–water partition coefficient (Wildman–Crippen LogP) is -1.11. The third-order valence-corrected chi connectivity index (χ3v) is 1.51. The van der Waals surface area contributed by atoms with Gasteiger partial charge in [0.25, 0.3) is 11.6 Å². The van der Waals surface area contributed by atoms with E-state index in [-0.39, 0.29) is 23.3 Å². The number of aromatic nitrogens is 2. The minimum Gasteiger partial charge on any atom is -0.740 e. The highest BCUT2D eigenvalue weighted by molar-refractivity contribution is 5.60.